The lowest BCUT2D eigenvalue weighted by atomic mass is 10.0. The first-order valence-corrected chi connectivity index (χ1v) is 9.67. The molecule has 0 atom stereocenters. The van der Waals surface area contributed by atoms with E-state index in [1.165, 1.54) is 35.5 Å². The molecule has 6 heteroatoms. The molecule has 2 aliphatic rings. The van der Waals surface area contributed by atoms with Gasteiger partial charge in [-0.3, -0.25) is 4.90 Å². The van der Waals surface area contributed by atoms with E-state index in [0.29, 0.717) is 12.6 Å². The Balaban J connectivity index is 1.46. The number of benzene rings is 1. The first-order chi connectivity index (χ1) is 12.7. The average molecular weight is 358 g/mol. The van der Waals surface area contributed by atoms with Crippen LogP contribution in [0, 0.1) is 5.82 Å². The van der Waals surface area contributed by atoms with Gasteiger partial charge in [0.2, 0.25) is 0 Å². The van der Waals surface area contributed by atoms with E-state index in [9.17, 15) is 4.39 Å². The van der Waals surface area contributed by atoms with Crippen molar-refractivity contribution in [3.8, 4) is 5.69 Å². The lowest BCUT2D eigenvalue weighted by Gasteiger charge is -2.32. The maximum atomic E-state index is 13.2. The largest absolute Gasteiger partial charge is 0.395 e. The molecule has 1 aliphatic carbocycles. The summed E-state index contributed by atoms with van der Waals surface area (Å²) in [5.41, 5.74) is 4.83. The molecule has 2 N–H and O–H groups in total. The summed E-state index contributed by atoms with van der Waals surface area (Å²) in [6.07, 6.45) is 5.55. The Morgan fingerprint density at radius 2 is 1.92 bits per heavy atom. The van der Waals surface area contributed by atoms with Crippen LogP contribution in [-0.2, 0) is 19.4 Å². The van der Waals surface area contributed by atoms with E-state index in [1.54, 1.807) is 0 Å². The van der Waals surface area contributed by atoms with Gasteiger partial charge in [0.1, 0.15) is 5.82 Å². The molecule has 0 spiro atoms. The van der Waals surface area contributed by atoms with Crippen molar-refractivity contribution in [1.82, 2.24) is 20.0 Å². The Labute approximate surface area is 153 Å². The topological polar surface area (TPSA) is 53.3 Å². The molecule has 2 aromatic rings. The number of piperidine rings is 1. The highest BCUT2D eigenvalue weighted by atomic mass is 19.1. The maximum absolute atomic E-state index is 13.2. The zero-order valence-electron chi connectivity index (χ0n) is 15.1. The molecule has 1 fully saturated rings. The predicted molar refractivity (Wildman–Crippen MR) is 98.9 cm³/mol. The van der Waals surface area contributed by atoms with Gasteiger partial charge in [-0.25, -0.2) is 9.07 Å². The number of aliphatic hydroxyl groups is 1. The molecular formula is C20H27FN4O. The van der Waals surface area contributed by atoms with Gasteiger partial charge in [0.15, 0.2) is 0 Å². The van der Waals surface area contributed by atoms with E-state index in [2.05, 4.69) is 10.2 Å². The van der Waals surface area contributed by atoms with E-state index >= 15 is 0 Å². The quantitative estimate of drug-likeness (QED) is 0.830. The number of fused-ring (bicyclic) bond motifs is 1. The number of aromatic nitrogens is 2. The molecule has 1 aromatic carbocycles. The van der Waals surface area contributed by atoms with Crippen molar-refractivity contribution >= 4 is 0 Å². The molecule has 0 unspecified atom stereocenters. The zero-order chi connectivity index (χ0) is 17.9. The second-order valence-electron chi connectivity index (χ2n) is 7.34. The SMILES string of the molecule is OCCNC1CCN(Cc2nn(-c3ccc(F)cc3)c3c2CCC3)CC1. The number of nitrogens with one attached hydrogen (secondary N) is 1. The third-order valence-corrected chi connectivity index (χ3v) is 5.59. The van der Waals surface area contributed by atoms with Gasteiger partial charge < -0.3 is 10.4 Å². The van der Waals surface area contributed by atoms with Crippen molar-refractivity contribution in [3.05, 3.63) is 47.0 Å². The summed E-state index contributed by atoms with van der Waals surface area (Å²) >= 11 is 0. The molecule has 0 radical (unpaired) electrons. The van der Waals surface area contributed by atoms with Crippen molar-refractivity contribution in [2.75, 3.05) is 26.2 Å². The normalized spacial score (nSPS) is 18.4. The van der Waals surface area contributed by atoms with Crippen molar-refractivity contribution in [2.24, 2.45) is 0 Å². The molecule has 0 amide bonds. The van der Waals surface area contributed by atoms with Crippen molar-refractivity contribution < 1.29 is 9.50 Å². The van der Waals surface area contributed by atoms with Gasteiger partial charge in [0.05, 0.1) is 18.0 Å². The molecular weight excluding hydrogens is 331 g/mol. The molecule has 0 saturated carbocycles. The smallest absolute Gasteiger partial charge is 0.123 e. The van der Waals surface area contributed by atoms with Crippen molar-refractivity contribution in [2.45, 2.75) is 44.7 Å². The van der Waals surface area contributed by atoms with Gasteiger partial charge in [-0.15, -0.1) is 0 Å². The van der Waals surface area contributed by atoms with Crippen LogP contribution in [0.15, 0.2) is 24.3 Å². The summed E-state index contributed by atoms with van der Waals surface area (Å²) in [5, 5.41) is 17.2. The van der Waals surface area contributed by atoms with E-state index < -0.39 is 0 Å². The Bertz CT molecular complexity index is 735. The van der Waals surface area contributed by atoms with Gasteiger partial charge in [-0.05, 0) is 61.9 Å². The molecule has 0 bridgehead atoms. The molecule has 140 valence electrons. The summed E-state index contributed by atoms with van der Waals surface area (Å²) in [4.78, 5) is 2.48. The number of aliphatic hydroxyl groups excluding tert-OH is 1. The van der Waals surface area contributed by atoms with Crippen LogP contribution in [0.3, 0.4) is 0 Å². The lowest BCUT2D eigenvalue weighted by molar-refractivity contribution is 0.182. The Kier molecular flexibility index (Phi) is 5.33. The number of likely N-dealkylation sites (tertiary alicyclic amines) is 1. The van der Waals surface area contributed by atoms with Crippen LogP contribution in [0.2, 0.25) is 0 Å². The van der Waals surface area contributed by atoms with Gasteiger partial charge in [0.25, 0.3) is 0 Å². The third-order valence-electron chi connectivity index (χ3n) is 5.59. The zero-order valence-corrected chi connectivity index (χ0v) is 15.1. The highest BCUT2D eigenvalue weighted by Crippen LogP contribution is 2.29. The van der Waals surface area contributed by atoms with Gasteiger partial charge >= 0.3 is 0 Å². The fraction of sp³-hybridized carbons (Fsp3) is 0.550. The number of halogens is 1. The van der Waals surface area contributed by atoms with Crippen LogP contribution >= 0.6 is 0 Å². The highest BCUT2D eigenvalue weighted by molar-refractivity contribution is 5.40. The van der Waals surface area contributed by atoms with E-state index in [1.807, 2.05) is 16.8 Å². The van der Waals surface area contributed by atoms with Gasteiger partial charge in [-0.1, -0.05) is 0 Å². The van der Waals surface area contributed by atoms with Crippen molar-refractivity contribution in [1.29, 1.82) is 0 Å². The molecule has 26 heavy (non-hydrogen) atoms. The number of hydrogen-bond acceptors (Lipinski definition) is 4. The van der Waals surface area contributed by atoms with Crippen molar-refractivity contribution in [3.63, 3.8) is 0 Å². The molecule has 1 saturated heterocycles. The Hall–Kier alpha value is -1.76. The van der Waals surface area contributed by atoms with Crippen LogP contribution in [0.1, 0.15) is 36.2 Å². The summed E-state index contributed by atoms with van der Waals surface area (Å²) < 4.78 is 15.3. The molecule has 1 aliphatic heterocycles. The summed E-state index contributed by atoms with van der Waals surface area (Å²) in [5.74, 6) is -0.213. The summed E-state index contributed by atoms with van der Waals surface area (Å²) in [6, 6.07) is 7.14. The first kappa shape index (κ1) is 17.6. The predicted octanol–water partition coefficient (Wildman–Crippen LogP) is 2.05. The van der Waals surface area contributed by atoms with Crippen LogP contribution < -0.4 is 5.32 Å². The Morgan fingerprint density at radius 1 is 1.15 bits per heavy atom. The minimum Gasteiger partial charge on any atom is -0.395 e. The van der Waals surface area contributed by atoms with Crippen LogP contribution in [0.5, 0.6) is 0 Å². The highest BCUT2D eigenvalue weighted by Gasteiger charge is 2.26. The van der Waals surface area contributed by atoms with E-state index in [-0.39, 0.29) is 12.4 Å². The minimum absolute atomic E-state index is 0.202. The number of hydrogen-bond donors (Lipinski definition) is 2. The van der Waals surface area contributed by atoms with Crippen LogP contribution in [0.25, 0.3) is 5.69 Å². The number of rotatable bonds is 6. The number of nitrogens with zero attached hydrogens (tertiary/aromatic N) is 3. The summed E-state index contributed by atoms with van der Waals surface area (Å²) in [6.45, 7) is 3.89. The van der Waals surface area contributed by atoms with Crippen LogP contribution in [-0.4, -0.2) is 52.1 Å². The summed E-state index contributed by atoms with van der Waals surface area (Å²) in [7, 11) is 0. The standard InChI is InChI=1S/C20H27FN4O/c21-15-4-6-17(7-5-15)25-20-3-1-2-18(20)19(23-25)14-24-11-8-16(9-12-24)22-10-13-26/h4-7,16,22,26H,1-3,8-14H2. The molecule has 5 nitrogen and oxygen atoms in total. The second kappa shape index (κ2) is 7.86. The van der Waals surface area contributed by atoms with Crippen LogP contribution in [0.4, 0.5) is 4.39 Å². The fourth-order valence-corrected chi connectivity index (χ4v) is 4.21. The fourth-order valence-electron chi connectivity index (χ4n) is 4.21. The van der Waals surface area contributed by atoms with E-state index in [0.717, 1.165) is 51.0 Å². The molecule has 4 rings (SSSR count). The lowest BCUT2D eigenvalue weighted by Crippen LogP contribution is -2.43. The molecule has 1 aromatic heterocycles. The Morgan fingerprint density at radius 3 is 2.65 bits per heavy atom. The average Bonchev–Trinajstić information content (AvgIpc) is 3.26. The second-order valence-corrected chi connectivity index (χ2v) is 7.34. The van der Waals surface area contributed by atoms with Gasteiger partial charge in [-0.2, -0.15) is 5.10 Å². The molecule has 2 heterocycles. The minimum atomic E-state index is -0.213. The monoisotopic (exact) mass is 358 g/mol. The van der Waals surface area contributed by atoms with Gasteiger partial charge in [0, 0.05) is 37.9 Å². The maximum Gasteiger partial charge on any atom is 0.123 e. The third kappa shape index (κ3) is 3.68. The first-order valence-electron chi connectivity index (χ1n) is 9.67. The van der Waals surface area contributed by atoms with E-state index in [4.69, 9.17) is 10.2 Å².